The first-order chi connectivity index (χ1) is 16.7. The van der Waals surface area contributed by atoms with Crippen LogP contribution in [-0.2, 0) is 10.9 Å². The number of nitrogens with one attached hydrogen (secondary N) is 1. The highest BCUT2D eigenvalue weighted by molar-refractivity contribution is 5.79. The van der Waals surface area contributed by atoms with Crippen molar-refractivity contribution < 1.29 is 32.9 Å². The summed E-state index contributed by atoms with van der Waals surface area (Å²) in [6, 6.07) is 16.4. The summed E-state index contributed by atoms with van der Waals surface area (Å²) < 4.78 is 44.1. The Morgan fingerprint density at radius 2 is 1.69 bits per heavy atom. The largest absolute Gasteiger partial charge is 0.449 e. The topological polar surface area (TPSA) is 118 Å². The van der Waals surface area contributed by atoms with Crippen molar-refractivity contribution in [3.63, 3.8) is 0 Å². The Hall–Kier alpha value is -3.63. The van der Waals surface area contributed by atoms with Crippen molar-refractivity contribution in [2.45, 2.75) is 30.7 Å². The third-order valence-corrected chi connectivity index (χ3v) is 6.01. The maximum atomic E-state index is 12.9. The molecule has 10 heteroatoms. The van der Waals surface area contributed by atoms with Crippen LogP contribution in [0, 0.1) is 0 Å². The first kappa shape index (κ1) is 24.5. The molecule has 2 unspecified atom stereocenters. The van der Waals surface area contributed by atoms with Crippen molar-refractivity contribution in [3.05, 3.63) is 83.0 Å². The Labute approximate surface area is 199 Å². The summed E-state index contributed by atoms with van der Waals surface area (Å²) in [6.45, 7) is 0.0265. The third kappa shape index (κ3) is 5.23. The zero-order chi connectivity index (χ0) is 25.2. The van der Waals surface area contributed by atoms with Crippen molar-refractivity contribution in [1.82, 2.24) is 10.3 Å². The number of amides is 1. The molecule has 0 bridgehead atoms. The Bertz CT molecular complexity index is 1170. The number of aromatic nitrogens is 1. The number of anilines is 1. The van der Waals surface area contributed by atoms with E-state index in [-0.39, 0.29) is 36.9 Å². The number of carbonyl (C=O) groups excluding carboxylic acids is 1. The van der Waals surface area contributed by atoms with E-state index in [1.807, 2.05) is 48.5 Å². The number of fused-ring (bicyclic) bond motifs is 3. The highest BCUT2D eigenvalue weighted by atomic mass is 19.4. The van der Waals surface area contributed by atoms with Crippen LogP contribution < -0.4 is 11.1 Å². The van der Waals surface area contributed by atoms with Gasteiger partial charge in [-0.05, 0) is 34.7 Å². The van der Waals surface area contributed by atoms with E-state index in [1.165, 1.54) is 0 Å². The fourth-order valence-corrected chi connectivity index (χ4v) is 4.22. The lowest BCUT2D eigenvalue weighted by Gasteiger charge is -2.20. The molecule has 35 heavy (non-hydrogen) atoms. The Balaban J connectivity index is 1.30. The number of ether oxygens (including phenoxy) is 1. The van der Waals surface area contributed by atoms with Gasteiger partial charge in [-0.15, -0.1) is 0 Å². The van der Waals surface area contributed by atoms with Gasteiger partial charge >= 0.3 is 12.3 Å². The van der Waals surface area contributed by atoms with Crippen LogP contribution in [0.3, 0.4) is 0 Å². The quantitative estimate of drug-likeness (QED) is 0.400. The number of rotatable bonds is 7. The number of hydrogen-bond acceptors (Lipinski definition) is 6. The van der Waals surface area contributed by atoms with E-state index in [1.54, 1.807) is 0 Å². The summed E-state index contributed by atoms with van der Waals surface area (Å²) in [4.78, 5) is 15.7. The second-order valence-electron chi connectivity index (χ2n) is 8.25. The van der Waals surface area contributed by atoms with Crippen molar-refractivity contribution in [3.8, 4) is 11.1 Å². The SMILES string of the molecule is Nc1ncc(C(F)(F)F)cc1C(O)C(O)CCNC(=O)OCC1c2ccccc2-c2ccccc21. The van der Waals surface area contributed by atoms with E-state index in [2.05, 4.69) is 10.3 Å². The van der Waals surface area contributed by atoms with Crippen molar-refractivity contribution >= 4 is 11.9 Å². The first-order valence-corrected chi connectivity index (χ1v) is 10.9. The molecule has 5 N–H and O–H groups in total. The van der Waals surface area contributed by atoms with E-state index >= 15 is 0 Å². The molecular weight excluding hydrogens is 463 g/mol. The minimum absolute atomic E-state index is 0.0821. The number of carbonyl (C=O) groups is 1. The number of hydrogen-bond donors (Lipinski definition) is 4. The van der Waals surface area contributed by atoms with E-state index < -0.39 is 30.0 Å². The van der Waals surface area contributed by atoms with Crippen LogP contribution in [0.4, 0.5) is 23.8 Å². The van der Waals surface area contributed by atoms with Crippen LogP contribution in [0.1, 0.15) is 40.7 Å². The normalized spacial score (nSPS) is 14.7. The molecule has 2 atom stereocenters. The molecule has 0 saturated heterocycles. The zero-order valence-corrected chi connectivity index (χ0v) is 18.5. The van der Waals surface area contributed by atoms with Gasteiger partial charge in [0.05, 0.1) is 11.7 Å². The summed E-state index contributed by atoms with van der Waals surface area (Å²) in [6.07, 6.45) is -8.19. The average Bonchev–Trinajstić information content (AvgIpc) is 3.15. The minimum atomic E-state index is -4.67. The molecule has 0 aliphatic heterocycles. The van der Waals surface area contributed by atoms with Crippen LogP contribution in [0.2, 0.25) is 0 Å². The van der Waals surface area contributed by atoms with Gasteiger partial charge in [-0.25, -0.2) is 9.78 Å². The van der Waals surface area contributed by atoms with Gasteiger partial charge in [0.2, 0.25) is 0 Å². The van der Waals surface area contributed by atoms with Crippen LogP contribution >= 0.6 is 0 Å². The lowest BCUT2D eigenvalue weighted by Crippen LogP contribution is -2.31. The lowest BCUT2D eigenvalue weighted by atomic mass is 9.98. The Kier molecular flexibility index (Phi) is 6.95. The molecular formula is C25H24F3N3O4. The summed E-state index contributed by atoms with van der Waals surface area (Å²) >= 11 is 0. The number of nitrogens with zero attached hydrogens (tertiary/aromatic N) is 1. The molecule has 7 nitrogen and oxygen atoms in total. The van der Waals surface area contributed by atoms with Crippen LogP contribution in [-0.4, -0.2) is 40.5 Å². The van der Waals surface area contributed by atoms with Gasteiger partial charge in [-0.3, -0.25) is 0 Å². The third-order valence-electron chi connectivity index (χ3n) is 6.01. The molecule has 1 aromatic heterocycles. The Morgan fingerprint density at radius 1 is 1.09 bits per heavy atom. The molecule has 1 heterocycles. The smallest absolute Gasteiger partial charge is 0.417 e. The number of aliphatic hydroxyl groups is 2. The molecule has 1 amide bonds. The molecule has 0 spiro atoms. The van der Waals surface area contributed by atoms with Crippen molar-refractivity contribution in [1.29, 1.82) is 0 Å². The summed E-state index contributed by atoms with van der Waals surface area (Å²) in [5.41, 5.74) is 8.46. The molecule has 1 aliphatic carbocycles. The van der Waals surface area contributed by atoms with Gasteiger partial charge in [0.15, 0.2) is 0 Å². The number of benzene rings is 2. The summed E-state index contributed by atoms with van der Waals surface area (Å²) in [5, 5.41) is 23.0. The number of nitrogens with two attached hydrogens (primary N) is 1. The molecule has 0 radical (unpaired) electrons. The molecule has 3 aromatic rings. The molecule has 184 valence electrons. The highest BCUT2D eigenvalue weighted by Gasteiger charge is 2.33. The van der Waals surface area contributed by atoms with Gasteiger partial charge in [0, 0.05) is 24.2 Å². The molecule has 4 rings (SSSR count). The summed E-state index contributed by atoms with van der Waals surface area (Å²) in [7, 11) is 0. The van der Waals surface area contributed by atoms with Crippen LogP contribution in [0.15, 0.2) is 60.8 Å². The predicted molar refractivity (Wildman–Crippen MR) is 122 cm³/mol. The second kappa shape index (κ2) is 9.93. The molecule has 0 saturated carbocycles. The fraction of sp³-hybridized carbons (Fsp3) is 0.280. The number of alkyl carbamates (subject to hydrolysis) is 1. The van der Waals surface area contributed by atoms with E-state index in [4.69, 9.17) is 10.5 Å². The monoisotopic (exact) mass is 487 g/mol. The average molecular weight is 487 g/mol. The van der Waals surface area contributed by atoms with E-state index in [0.717, 1.165) is 22.3 Å². The van der Waals surface area contributed by atoms with Gasteiger partial charge < -0.3 is 26.0 Å². The van der Waals surface area contributed by atoms with Gasteiger partial charge in [0.1, 0.15) is 18.5 Å². The fourth-order valence-electron chi connectivity index (χ4n) is 4.22. The van der Waals surface area contributed by atoms with E-state index in [0.29, 0.717) is 12.3 Å². The standard InChI is InChI=1S/C25H24F3N3O4/c26-25(27,28)14-11-19(23(29)31-12-14)22(33)21(32)9-10-30-24(34)35-13-20-17-7-3-1-5-15(17)16-6-2-4-8-18(16)20/h1-8,11-12,20-22,32-33H,9-10,13H2,(H2,29,31)(H,30,34). The van der Waals surface area contributed by atoms with Crippen molar-refractivity contribution in [2.24, 2.45) is 0 Å². The van der Waals surface area contributed by atoms with Crippen LogP contribution in [0.5, 0.6) is 0 Å². The highest BCUT2D eigenvalue weighted by Crippen LogP contribution is 2.44. The number of alkyl halides is 3. The molecule has 0 fully saturated rings. The number of aliphatic hydroxyl groups excluding tert-OH is 2. The molecule has 2 aromatic carbocycles. The maximum Gasteiger partial charge on any atom is 0.417 e. The van der Waals surface area contributed by atoms with Crippen LogP contribution in [0.25, 0.3) is 11.1 Å². The predicted octanol–water partition coefficient (Wildman–Crippen LogP) is 4.01. The lowest BCUT2D eigenvalue weighted by molar-refractivity contribution is -0.138. The van der Waals surface area contributed by atoms with E-state index in [9.17, 15) is 28.2 Å². The number of nitrogen functional groups attached to an aromatic ring is 1. The zero-order valence-electron chi connectivity index (χ0n) is 18.5. The number of halogens is 3. The minimum Gasteiger partial charge on any atom is -0.449 e. The summed E-state index contributed by atoms with van der Waals surface area (Å²) in [5.74, 6) is -0.439. The van der Waals surface area contributed by atoms with Gasteiger partial charge in [-0.1, -0.05) is 48.5 Å². The maximum absolute atomic E-state index is 12.9. The van der Waals surface area contributed by atoms with Gasteiger partial charge in [-0.2, -0.15) is 13.2 Å². The van der Waals surface area contributed by atoms with Crippen molar-refractivity contribution in [2.75, 3.05) is 18.9 Å². The Morgan fingerprint density at radius 3 is 2.29 bits per heavy atom. The van der Waals surface area contributed by atoms with Gasteiger partial charge in [0.25, 0.3) is 0 Å². The first-order valence-electron chi connectivity index (χ1n) is 10.9. The number of pyridine rings is 1. The second-order valence-corrected chi connectivity index (χ2v) is 8.25. The molecule has 1 aliphatic rings.